The molecule has 1 aliphatic heterocycles. The second-order valence-corrected chi connectivity index (χ2v) is 10.2. The van der Waals surface area contributed by atoms with Gasteiger partial charge < -0.3 is 9.80 Å². The second-order valence-electron chi connectivity index (χ2n) is 10.2. The van der Waals surface area contributed by atoms with E-state index in [1.165, 1.54) is 128 Å². The van der Waals surface area contributed by atoms with Crippen LogP contribution in [0.1, 0.15) is 129 Å². The van der Waals surface area contributed by atoms with Gasteiger partial charge in [-0.25, -0.2) is 0 Å². The fourth-order valence-electron chi connectivity index (χ4n) is 5.10. The first-order valence-corrected chi connectivity index (χ1v) is 14.6. The van der Waals surface area contributed by atoms with Crippen LogP contribution in [0.2, 0.25) is 0 Å². The van der Waals surface area contributed by atoms with Crippen molar-refractivity contribution in [1.82, 2.24) is 9.80 Å². The Bertz CT molecular complexity index is 582. The van der Waals surface area contributed by atoms with E-state index in [1.54, 1.807) is 0 Å². The molecule has 0 N–H and O–H groups in total. The van der Waals surface area contributed by atoms with Gasteiger partial charge in [-0.15, -0.1) is 0 Å². The fourth-order valence-corrected chi connectivity index (χ4v) is 5.10. The van der Waals surface area contributed by atoms with Crippen LogP contribution < -0.4 is 0 Å². The number of rotatable bonds is 21. The van der Waals surface area contributed by atoms with Gasteiger partial charge in [0.2, 0.25) is 0 Å². The lowest BCUT2D eigenvalue weighted by Crippen LogP contribution is -2.41. The Labute approximate surface area is 206 Å². The minimum atomic E-state index is 0.506. The van der Waals surface area contributed by atoms with Gasteiger partial charge in [0.15, 0.2) is 0 Å². The molecular formula is C31H54N2. The molecule has 188 valence electrons. The topological polar surface area (TPSA) is 6.48 Å². The third-order valence-electron chi connectivity index (χ3n) is 7.27. The van der Waals surface area contributed by atoms with Crippen molar-refractivity contribution < 1.29 is 0 Å². The van der Waals surface area contributed by atoms with E-state index in [-0.39, 0.29) is 0 Å². The molecule has 1 atom stereocenters. The van der Waals surface area contributed by atoms with Crippen LogP contribution in [0, 0.1) is 0 Å². The first kappa shape index (κ1) is 27.8. The van der Waals surface area contributed by atoms with Crippen LogP contribution in [0.4, 0.5) is 0 Å². The maximum atomic E-state index is 2.62. The maximum absolute atomic E-state index is 2.62. The third kappa shape index (κ3) is 12.6. The minimum Gasteiger partial charge on any atom is -0.356 e. The summed E-state index contributed by atoms with van der Waals surface area (Å²) in [4.78, 5) is 5.22. The van der Waals surface area contributed by atoms with Gasteiger partial charge in [-0.3, -0.25) is 0 Å². The quantitative estimate of drug-likeness (QED) is 0.171. The first-order valence-electron chi connectivity index (χ1n) is 14.6. The minimum absolute atomic E-state index is 0.506. The summed E-state index contributed by atoms with van der Waals surface area (Å²) in [6, 6.07) is 11.1. The molecule has 2 heteroatoms. The first-order chi connectivity index (χ1) is 16.3. The summed E-state index contributed by atoms with van der Waals surface area (Å²) in [5.41, 5.74) is 1.46. The molecule has 0 saturated heterocycles. The Kier molecular flexibility index (Phi) is 15.9. The van der Waals surface area contributed by atoms with Crippen molar-refractivity contribution in [2.24, 2.45) is 0 Å². The van der Waals surface area contributed by atoms with E-state index in [4.69, 9.17) is 0 Å². The third-order valence-corrected chi connectivity index (χ3v) is 7.27. The van der Waals surface area contributed by atoms with Crippen molar-refractivity contribution in [2.75, 3.05) is 13.1 Å². The molecule has 1 unspecified atom stereocenters. The Morgan fingerprint density at radius 1 is 0.515 bits per heavy atom. The zero-order valence-corrected chi connectivity index (χ0v) is 22.2. The molecule has 33 heavy (non-hydrogen) atoms. The highest BCUT2D eigenvalue weighted by molar-refractivity contribution is 5.17. The number of hydrogen-bond donors (Lipinski definition) is 0. The zero-order chi connectivity index (χ0) is 23.4. The van der Waals surface area contributed by atoms with Crippen molar-refractivity contribution >= 4 is 0 Å². The molecule has 1 aliphatic rings. The van der Waals surface area contributed by atoms with Crippen LogP contribution >= 0.6 is 0 Å². The van der Waals surface area contributed by atoms with E-state index in [0.717, 1.165) is 6.42 Å². The number of benzene rings is 1. The Balaban J connectivity index is 1.59. The standard InChI is InChI=1S/C31H54N2/c1-3-5-7-9-10-11-12-13-14-15-16-17-22-26-33-28-27-32(25-21-8-6-4-2)31(33)29-30-23-19-18-20-24-30/h18-20,23-24,27-28,31H,3-17,21-22,25-26,29H2,1-2H3. The summed E-state index contributed by atoms with van der Waals surface area (Å²) in [7, 11) is 0. The summed E-state index contributed by atoms with van der Waals surface area (Å²) >= 11 is 0. The molecule has 0 radical (unpaired) electrons. The summed E-state index contributed by atoms with van der Waals surface area (Å²) in [5, 5.41) is 0. The molecule has 1 heterocycles. The lowest BCUT2D eigenvalue weighted by atomic mass is 10.0. The molecule has 2 nitrogen and oxygen atoms in total. The SMILES string of the molecule is CCCCCCCCCCCCCCCN1C=CN(CCCCCC)C1Cc1ccccc1. The zero-order valence-electron chi connectivity index (χ0n) is 22.2. The molecule has 2 rings (SSSR count). The van der Waals surface area contributed by atoms with Gasteiger partial charge in [0.25, 0.3) is 0 Å². The van der Waals surface area contributed by atoms with Crippen LogP contribution in [0.5, 0.6) is 0 Å². The molecule has 0 aliphatic carbocycles. The largest absolute Gasteiger partial charge is 0.356 e. The molecule has 0 fully saturated rings. The highest BCUT2D eigenvalue weighted by Crippen LogP contribution is 2.22. The molecule has 0 amide bonds. The number of nitrogens with zero attached hydrogens (tertiary/aromatic N) is 2. The van der Waals surface area contributed by atoms with Gasteiger partial charge in [-0.1, -0.05) is 140 Å². The van der Waals surface area contributed by atoms with Crippen molar-refractivity contribution in [2.45, 2.75) is 136 Å². The normalized spacial score (nSPS) is 15.6. The molecule has 0 saturated carbocycles. The molecular weight excluding hydrogens is 400 g/mol. The highest BCUT2D eigenvalue weighted by Gasteiger charge is 2.25. The second kappa shape index (κ2) is 18.9. The Hall–Kier alpha value is -1.44. The number of unbranched alkanes of at least 4 members (excludes halogenated alkanes) is 15. The average molecular weight is 455 g/mol. The smallest absolute Gasteiger partial charge is 0.105 e. The predicted molar refractivity (Wildman–Crippen MR) is 146 cm³/mol. The summed E-state index contributed by atoms with van der Waals surface area (Å²) in [5.74, 6) is 0. The lowest BCUT2D eigenvalue weighted by Gasteiger charge is -2.33. The van der Waals surface area contributed by atoms with Crippen molar-refractivity contribution in [3.8, 4) is 0 Å². The van der Waals surface area contributed by atoms with Crippen LogP contribution in [0.25, 0.3) is 0 Å². The molecule has 1 aromatic rings. The van der Waals surface area contributed by atoms with E-state index < -0.39 is 0 Å². The Morgan fingerprint density at radius 2 is 0.909 bits per heavy atom. The average Bonchev–Trinajstić information content (AvgIpc) is 3.21. The van der Waals surface area contributed by atoms with Crippen molar-refractivity contribution in [3.63, 3.8) is 0 Å². The van der Waals surface area contributed by atoms with E-state index in [0.29, 0.717) is 6.17 Å². The molecule has 0 bridgehead atoms. The molecule has 1 aromatic carbocycles. The van der Waals surface area contributed by atoms with Gasteiger partial charge in [-0.05, 0) is 18.4 Å². The van der Waals surface area contributed by atoms with Crippen LogP contribution in [0.3, 0.4) is 0 Å². The number of hydrogen-bond acceptors (Lipinski definition) is 2. The van der Waals surface area contributed by atoms with E-state index in [9.17, 15) is 0 Å². The van der Waals surface area contributed by atoms with Gasteiger partial charge >= 0.3 is 0 Å². The highest BCUT2D eigenvalue weighted by atomic mass is 15.4. The summed E-state index contributed by atoms with van der Waals surface area (Å²) in [6.45, 7) is 7.00. The van der Waals surface area contributed by atoms with Gasteiger partial charge in [-0.2, -0.15) is 0 Å². The fraction of sp³-hybridized carbons (Fsp3) is 0.742. The van der Waals surface area contributed by atoms with E-state index in [2.05, 4.69) is 66.4 Å². The van der Waals surface area contributed by atoms with Crippen LogP contribution in [-0.4, -0.2) is 29.1 Å². The van der Waals surface area contributed by atoms with Crippen molar-refractivity contribution in [3.05, 3.63) is 48.3 Å². The van der Waals surface area contributed by atoms with Gasteiger partial charge in [0.05, 0.1) is 0 Å². The van der Waals surface area contributed by atoms with Crippen LogP contribution in [0.15, 0.2) is 42.7 Å². The Morgan fingerprint density at radius 3 is 1.36 bits per heavy atom. The predicted octanol–water partition coefficient (Wildman–Crippen LogP) is 9.32. The van der Waals surface area contributed by atoms with E-state index in [1.807, 2.05) is 0 Å². The van der Waals surface area contributed by atoms with Gasteiger partial charge in [0, 0.05) is 31.9 Å². The monoisotopic (exact) mass is 454 g/mol. The van der Waals surface area contributed by atoms with E-state index >= 15 is 0 Å². The van der Waals surface area contributed by atoms with Gasteiger partial charge in [0.1, 0.15) is 6.17 Å². The van der Waals surface area contributed by atoms with Crippen molar-refractivity contribution in [1.29, 1.82) is 0 Å². The summed E-state index contributed by atoms with van der Waals surface area (Å²) < 4.78 is 0. The summed E-state index contributed by atoms with van der Waals surface area (Å²) in [6.07, 6.45) is 30.3. The lowest BCUT2D eigenvalue weighted by molar-refractivity contribution is 0.148. The molecule has 0 spiro atoms. The van der Waals surface area contributed by atoms with Crippen LogP contribution in [-0.2, 0) is 6.42 Å². The molecule has 0 aromatic heterocycles. The maximum Gasteiger partial charge on any atom is 0.105 e.